The molecule has 3 aromatic heterocycles. The van der Waals surface area contributed by atoms with Crippen molar-refractivity contribution < 1.29 is 14.0 Å². The highest BCUT2D eigenvalue weighted by Crippen LogP contribution is 2.28. The van der Waals surface area contributed by atoms with Crippen molar-refractivity contribution in [1.82, 2.24) is 25.3 Å². The van der Waals surface area contributed by atoms with Crippen LogP contribution >= 0.6 is 0 Å². The average molecular weight is 444 g/mol. The van der Waals surface area contributed by atoms with Crippen molar-refractivity contribution in [3.8, 4) is 11.5 Å². The van der Waals surface area contributed by atoms with Crippen LogP contribution in [0.5, 0.6) is 0 Å². The van der Waals surface area contributed by atoms with E-state index in [0.29, 0.717) is 35.9 Å². The third-order valence-electron chi connectivity index (χ3n) is 6.07. The second-order valence-electron chi connectivity index (χ2n) is 8.12. The number of hydrogen-bond acceptors (Lipinski definition) is 5. The summed E-state index contributed by atoms with van der Waals surface area (Å²) in [6.07, 6.45) is 3.15. The molecule has 1 aromatic carbocycles. The summed E-state index contributed by atoms with van der Waals surface area (Å²) >= 11 is 0. The number of furan rings is 1. The molecule has 2 amide bonds. The van der Waals surface area contributed by atoms with Gasteiger partial charge in [0.05, 0.1) is 6.26 Å². The number of hydrogen-bond donors (Lipinski definition) is 2. The Hall–Kier alpha value is -4.14. The van der Waals surface area contributed by atoms with Crippen LogP contribution in [0.2, 0.25) is 0 Å². The minimum absolute atomic E-state index is 0.104. The highest BCUT2D eigenvalue weighted by atomic mass is 16.3. The van der Waals surface area contributed by atoms with Gasteiger partial charge < -0.3 is 14.2 Å². The van der Waals surface area contributed by atoms with Crippen LogP contribution in [0, 0.1) is 0 Å². The summed E-state index contributed by atoms with van der Waals surface area (Å²) in [5.74, 6) is 0.584. The van der Waals surface area contributed by atoms with Crippen molar-refractivity contribution in [1.29, 1.82) is 0 Å². The van der Waals surface area contributed by atoms with E-state index in [1.54, 1.807) is 30.3 Å². The normalized spacial score (nSPS) is 14.4. The van der Waals surface area contributed by atoms with Gasteiger partial charge in [0.2, 0.25) is 0 Å². The zero-order valence-corrected chi connectivity index (χ0v) is 18.2. The zero-order chi connectivity index (χ0) is 22.8. The summed E-state index contributed by atoms with van der Waals surface area (Å²) in [6.45, 7) is 1.22. The molecule has 2 N–H and O–H groups in total. The standard InChI is InChI=1S/C24H24N6O3/c1-29(17-6-3-2-4-7-17)23(31)20-14-18(25-27-20)16-9-11-30(12-10-16)24(32)21-15-19(26-28-21)22-8-5-13-33-22/h2-8,13-16H,9-12H2,1H3,(H,25,27)(H,26,28). The number of carbonyl (C=O) groups excluding carboxylic acids is 2. The number of anilines is 1. The van der Waals surface area contributed by atoms with E-state index in [9.17, 15) is 9.59 Å². The molecule has 168 valence electrons. The van der Waals surface area contributed by atoms with Crippen LogP contribution in [-0.2, 0) is 0 Å². The number of aromatic amines is 2. The molecule has 9 heteroatoms. The van der Waals surface area contributed by atoms with E-state index in [1.165, 1.54) is 0 Å². The molecular weight excluding hydrogens is 420 g/mol. The molecule has 1 fully saturated rings. The summed E-state index contributed by atoms with van der Waals surface area (Å²) in [5, 5.41) is 14.3. The largest absolute Gasteiger partial charge is 0.463 e. The lowest BCUT2D eigenvalue weighted by Crippen LogP contribution is -2.38. The molecule has 0 bridgehead atoms. The van der Waals surface area contributed by atoms with Crippen LogP contribution in [-0.4, -0.2) is 57.2 Å². The molecule has 0 spiro atoms. The molecule has 4 heterocycles. The van der Waals surface area contributed by atoms with Crippen LogP contribution in [0.4, 0.5) is 5.69 Å². The number of rotatable bonds is 5. The van der Waals surface area contributed by atoms with E-state index in [4.69, 9.17) is 4.42 Å². The molecule has 4 aromatic rings. The van der Waals surface area contributed by atoms with E-state index >= 15 is 0 Å². The van der Waals surface area contributed by atoms with Crippen molar-refractivity contribution in [3.63, 3.8) is 0 Å². The number of amides is 2. The fourth-order valence-corrected chi connectivity index (χ4v) is 4.14. The molecular formula is C24H24N6O3. The van der Waals surface area contributed by atoms with Crippen LogP contribution in [0.3, 0.4) is 0 Å². The first-order valence-electron chi connectivity index (χ1n) is 10.9. The number of carbonyl (C=O) groups is 2. The number of nitrogens with zero attached hydrogens (tertiary/aromatic N) is 4. The van der Waals surface area contributed by atoms with Gasteiger partial charge in [0.25, 0.3) is 11.8 Å². The number of H-pyrrole nitrogens is 2. The Morgan fingerprint density at radius 2 is 1.76 bits per heavy atom. The van der Waals surface area contributed by atoms with E-state index in [2.05, 4.69) is 20.4 Å². The Bertz CT molecular complexity index is 1240. The fraction of sp³-hybridized carbons (Fsp3) is 0.250. The summed E-state index contributed by atoms with van der Waals surface area (Å²) in [7, 11) is 1.74. The summed E-state index contributed by atoms with van der Waals surface area (Å²) in [5.41, 5.74) is 3.17. The minimum atomic E-state index is -0.165. The van der Waals surface area contributed by atoms with Crippen molar-refractivity contribution in [2.45, 2.75) is 18.8 Å². The van der Waals surface area contributed by atoms with Gasteiger partial charge in [-0.3, -0.25) is 19.8 Å². The predicted molar refractivity (Wildman–Crippen MR) is 122 cm³/mol. The zero-order valence-electron chi connectivity index (χ0n) is 18.2. The van der Waals surface area contributed by atoms with Gasteiger partial charge in [0.1, 0.15) is 5.69 Å². The molecule has 0 atom stereocenters. The molecule has 1 saturated heterocycles. The SMILES string of the molecule is CN(C(=O)c1cc(C2CCN(C(=O)c3cc(-c4ccco4)[nH]n3)CC2)[nH]n1)c1ccccc1. The molecule has 0 aliphatic carbocycles. The van der Waals surface area contributed by atoms with Gasteiger partial charge in [-0.25, -0.2) is 0 Å². The van der Waals surface area contributed by atoms with Crippen molar-refractivity contribution in [3.05, 3.63) is 77.9 Å². The summed E-state index contributed by atoms with van der Waals surface area (Å²) in [6, 6.07) is 16.6. The van der Waals surface area contributed by atoms with Gasteiger partial charge in [-0.1, -0.05) is 18.2 Å². The highest BCUT2D eigenvalue weighted by molar-refractivity contribution is 6.04. The van der Waals surface area contributed by atoms with E-state index in [-0.39, 0.29) is 17.7 Å². The number of aromatic nitrogens is 4. The first-order chi connectivity index (χ1) is 16.1. The van der Waals surface area contributed by atoms with Crippen LogP contribution in [0.1, 0.15) is 45.4 Å². The molecule has 0 unspecified atom stereocenters. The van der Waals surface area contributed by atoms with Crippen LogP contribution < -0.4 is 4.90 Å². The highest BCUT2D eigenvalue weighted by Gasteiger charge is 2.28. The van der Waals surface area contributed by atoms with Gasteiger partial charge in [0.15, 0.2) is 17.1 Å². The monoisotopic (exact) mass is 444 g/mol. The summed E-state index contributed by atoms with van der Waals surface area (Å²) in [4.78, 5) is 29.1. The van der Waals surface area contributed by atoms with Gasteiger partial charge in [-0.2, -0.15) is 10.2 Å². The molecule has 5 rings (SSSR count). The van der Waals surface area contributed by atoms with Gasteiger partial charge in [0, 0.05) is 43.5 Å². The lowest BCUT2D eigenvalue weighted by Gasteiger charge is -2.31. The second-order valence-corrected chi connectivity index (χ2v) is 8.12. The van der Waals surface area contributed by atoms with Crippen molar-refractivity contribution >= 4 is 17.5 Å². The summed E-state index contributed by atoms with van der Waals surface area (Å²) < 4.78 is 5.35. The first kappa shape index (κ1) is 20.7. The number of benzene rings is 1. The Kier molecular flexibility index (Phi) is 5.52. The number of piperidine rings is 1. The first-order valence-corrected chi connectivity index (χ1v) is 10.9. The molecule has 1 aliphatic heterocycles. The second kappa shape index (κ2) is 8.78. The Morgan fingerprint density at radius 1 is 1.00 bits per heavy atom. The fourth-order valence-electron chi connectivity index (χ4n) is 4.14. The lowest BCUT2D eigenvalue weighted by atomic mass is 9.93. The number of nitrogens with one attached hydrogen (secondary N) is 2. The van der Waals surface area contributed by atoms with E-state index < -0.39 is 0 Å². The van der Waals surface area contributed by atoms with Crippen LogP contribution in [0.25, 0.3) is 11.5 Å². The minimum Gasteiger partial charge on any atom is -0.463 e. The molecule has 1 aliphatic rings. The Balaban J connectivity index is 1.20. The number of para-hydroxylation sites is 1. The third-order valence-corrected chi connectivity index (χ3v) is 6.07. The van der Waals surface area contributed by atoms with Gasteiger partial charge >= 0.3 is 0 Å². The molecule has 0 saturated carbocycles. The van der Waals surface area contributed by atoms with E-state index in [1.807, 2.05) is 47.4 Å². The third kappa shape index (κ3) is 4.17. The molecule has 9 nitrogen and oxygen atoms in total. The predicted octanol–water partition coefficient (Wildman–Crippen LogP) is 3.69. The quantitative estimate of drug-likeness (QED) is 0.488. The van der Waals surface area contributed by atoms with Crippen molar-refractivity contribution in [2.24, 2.45) is 0 Å². The maximum Gasteiger partial charge on any atom is 0.278 e. The average Bonchev–Trinajstić information content (AvgIpc) is 3.64. The topological polar surface area (TPSA) is 111 Å². The molecule has 0 radical (unpaired) electrons. The van der Waals surface area contributed by atoms with Crippen LogP contribution in [0.15, 0.2) is 65.3 Å². The number of likely N-dealkylation sites (tertiary alicyclic amines) is 1. The maximum atomic E-state index is 12.9. The Labute approximate surface area is 190 Å². The molecule has 33 heavy (non-hydrogen) atoms. The smallest absolute Gasteiger partial charge is 0.278 e. The lowest BCUT2D eigenvalue weighted by molar-refractivity contribution is 0.0706. The van der Waals surface area contributed by atoms with Gasteiger partial charge in [-0.15, -0.1) is 0 Å². The van der Waals surface area contributed by atoms with Gasteiger partial charge in [-0.05, 0) is 43.2 Å². The van der Waals surface area contributed by atoms with E-state index in [0.717, 1.165) is 24.2 Å². The maximum absolute atomic E-state index is 12.9. The Morgan fingerprint density at radius 3 is 2.48 bits per heavy atom. The van der Waals surface area contributed by atoms with Crippen molar-refractivity contribution in [2.75, 3.05) is 25.0 Å².